The molecular weight excluding hydrogens is 236 g/mol. The van der Waals surface area contributed by atoms with E-state index in [1.54, 1.807) is 0 Å². The van der Waals surface area contributed by atoms with E-state index in [1.165, 1.54) is 17.2 Å². The van der Waals surface area contributed by atoms with Crippen LogP contribution in [-0.2, 0) is 9.53 Å². The third-order valence-corrected chi connectivity index (χ3v) is 2.77. The summed E-state index contributed by atoms with van der Waals surface area (Å²) in [5.41, 5.74) is 3.09. The van der Waals surface area contributed by atoms with Crippen molar-refractivity contribution in [3.05, 3.63) is 41.0 Å². The van der Waals surface area contributed by atoms with E-state index in [9.17, 15) is 4.79 Å². The van der Waals surface area contributed by atoms with Crippen molar-refractivity contribution in [2.24, 2.45) is 0 Å². The number of ether oxygens (including phenoxy) is 1. The SMILES string of the molecule is Cc1cccc(C(C)C)c1/C=C/C(=O)OC(C)(C)C. The van der Waals surface area contributed by atoms with Crippen LogP contribution in [0.25, 0.3) is 6.08 Å². The van der Waals surface area contributed by atoms with Crippen molar-refractivity contribution < 1.29 is 9.53 Å². The summed E-state index contributed by atoms with van der Waals surface area (Å²) in [6.07, 6.45) is 3.37. The van der Waals surface area contributed by atoms with Gasteiger partial charge < -0.3 is 4.74 Å². The second-order valence-electron chi connectivity index (χ2n) is 6.10. The Morgan fingerprint density at radius 2 is 1.89 bits per heavy atom. The summed E-state index contributed by atoms with van der Waals surface area (Å²) in [5, 5.41) is 0. The Kier molecular flexibility index (Phi) is 4.93. The predicted molar refractivity (Wildman–Crippen MR) is 80.1 cm³/mol. The minimum Gasteiger partial charge on any atom is -0.457 e. The second kappa shape index (κ2) is 6.05. The number of esters is 1. The van der Waals surface area contributed by atoms with Gasteiger partial charge in [-0.15, -0.1) is 0 Å². The van der Waals surface area contributed by atoms with Gasteiger partial charge in [0.25, 0.3) is 0 Å². The minimum atomic E-state index is -0.450. The van der Waals surface area contributed by atoms with Crippen LogP contribution in [0.5, 0.6) is 0 Å². The quantitative estimate of drug-likeness (QED) is 0.592. The van der Waals surface area contributed by atoms with Gasteiger partial charge in [0.05, 0.1) is 0 Å². The summed E-state index contributed by atoms with van der Waals surface area (Å²) < 4.78 is 5.27. The highest BCUT2D eigenvalue weighted by Crippen LogP contribution is 2.23. The van der Waals surface area contributed by atoms with Gasteiger partial charge in [-0.25, -0.2) is 4.79 Å². The average molecular weight is 260 g/mol. The number of carbonyl (C=O) groups excluding carboxylic acids is 1. The van der Waals surface area contributed by atoms with E-state index in [0.717, 1.165) is 5.56 Å². The van der Waals surface area contributed by atoms with Crippen molar-refractivity contribution in [3.63, 3.8) is 0 Å². The van der Waals surface area contributed by atoms with Gasteiger partial charge in [-0.2, -0.15) is 0 Å². The molecule has 0 unspecified atom stereocenters. The zero-order valence-electron chi connectivity index (χ0n) is 12.8. The number of carbonyl (C=O) groups is 1. The molecule has 0 saturated heterocycles. The van der Waals surface area contributed by atoms with Crippen LogP contribution in [0.15, 0.2) is 24.3 Å². The first-order chi connectivity index (χ1) is 8.70. The molecule has 0 fully saturated rings. The average Bonchev–Trinajstić information content (AvgIpc) is 2.24. The third-order valence-electron chi connectivity index (χ3n) is 2.77. The van der Waals surface area contributed by atoms with Crippen molar-refractivity contribution >= 4 is 12.0 Å². The van der Waals surface area contributed by atoms with E-state index < -0.39 is 5.60 Å². The minimum absolute atomic E-state index is 0.301. The lowest BCUT2D eigenvalue weighted by Crippen LogP contribution is -2.22. The normalized spacial score (nSPS) is 12.2. The molecule has 1 aromatic rings. The number of hydrogen-bond acceptors (Lipinski definition) is 2. The van der Waals surface area contributed by atoms with Gasteiger partial charge in [0.15, 0.2) is 0 Å². The maximum absolute atomic E-state index is 11.7. The van der Waals surface area contributed by atoms with Crippen LogP contribution in [-0.4, -0.2) is 11.6 Å². The van der Waals surface area contributed by atoms with Gasteiger partial charge >= 0.3 is 5.97 Å². The van der Waals surface area contributed by atoms with E-state index in [0.29, 0.717) is 5.92 Å². The molecule has 0 saturated carbocycles. The Morgan fingerprint density at radius 1 is 1.26 bits per heavy atom. The summed E-state index contributed by atoms with van der Waals surface area (Å²) in [4.78, 5) is 11.7. The Hall–Kier alpha value is -1.57. The van der Waals surface area contributed by atoms with Crippen LogP contribution >= 0.6 is 0 Å². The molecule has 0 amide bonds. The molecule has 1 rings (SSSR count). The van der Waals surface area contributed by atoms with Crippen molar-refractivity contribution in [3.8, 4) is 0 Å². The van der Waals surface area contributed by atoms with Crippen molar-refractivity contribution in [2.45, 2.75) is 53.1 Å². The highest BCUT2D eigenvalue weighted by molar-refractivity contribution is 5.88. The lowest BCUT2D eigenvalue weighted by atomic mass is 9.93. The molecular formula is C17H24O2. The van der Waals surface area contributed by atoms with Crippen molar-refractivity contribution in [2.75, 3.05) is 0 Å². The van der Waals surface area contributed by atoms with Crippen LogP contribution in [0.4, 0.5) is 0 Å². The Bertz CT molecular complexity index is 477. The lowest BCUT2D eigenvalue weighted by Gasteiger charge is -2.18. The van der Waals surface area contributed by atoms with Crippen molar-refractivity contribution in [1.29, 1.82) is 0 Å². The predicted octanol–water partition coefficient (Wildman–Crippen LogP) is 4.47. The molecule has 2 heteroatoms. The van der Waals surface area contributed by atoms with Crippen LogP contribution in [0.2, 0.25) is 0 Å². The van der Waals surface area contributed by atoms with E-state index in [-0.39, 0.29) is 5.97 Å². The highest BCUT2D eigenvalue weighted by Gasteiger charge is 2.14. The molecule has 0 radical (unpaired) electrons. The molecule has 104 valence electrons. The molecule has 19 heavy (non-hydrogen) atoms. The molecule has 0 aliphatic rings. The number of benzene rings is 1. The fourth-order valence-electron chi connectivity index (χ4n) is 1.92. The first-order valence-corrected chi connectivity index (χ1v) is 6.71. The second-order valence-corrected chi connectivity index (χ2v) is 6.10. The molecule has 1 aromatic carbocycles. The Labute approximate surface area is 116 Å². The van der Waals surface area contributed by atoms with Gasteiger partial charge in [-0.1, -0.05) is 32.0 Å². The fraction of sp³-hybridized carbons (Fsp3) is 0.471. The molecule has 0 atom stereocenters. The van der Waals surface area contributed by atoms with E-state index >= 15 is 0 Å². The molecule has 0 aliphatic heterocycles. The Morgan fingerprint density at radius 3 is 2.42 bits per heavy atom. The van der Waals surface area contributed by atoms with Gasteiger partial charge in [0.1, 0.15) is 5.60 Å². The van der Waals surface area contributed by atoms with E-state index in [4.69, 9.17) is 4.74 Å². The lowest BCUT2D eigenvalue weighted by molar-refractivity contribution is -0.148. The summed E-state index contributed by atoms with van der Waals surface area (Å²) in [6, 6.07) is 6.21. The van der Waals surface area contributed by atoms with Crippen LogP contribution in [0.3, 0.4) is 0 Å². The highest BCUT2D eigenvalue weighted by atomic mass is 16.6. The standard InChI is InChI=1S/C17H24O2/c1-12(2)14-9-7-8-13(3)15(14)10-11-16(18)19-17(4,5)6/h7-12H,1-6H3/b11-10+. The van der Waals surface area contributed by atoms with Crippen LogP contribution < -0.4 is 0 Å². The molecule has 2 nitrogen and oxygen atoms in total. The van der Waals surface area contributed by atoms with Crippen LogP contribution in [0, 0.1) is 6.92 Å². The topological polar surface area (TPSA) is 26.3 Å². The molecule has 0 aliphatic carbocycles. The van der Waals surface area contributed by atoms with E-state index in [1.807, 2.05) is 26.8 Å². The van der Waals surface area contributed by atoms with Gasteiger partial charge in [0.2, 0.25) is 0 Å². The number of aryl methyl sites for hydroxylation is 1. The first kappa shape index (κ1) is 15.5. The number of rotatable bonds is 3. The van der Waals surface area contributed by atoms with E-state index in [2.05, 4.69) is 39.0 Å². The fourth-order valence-corrected chi connectivity index (χ4v) is 1.92. The molecule has 0 bridgehead atoms. The van der Waals surface area contributed by atoms with Gasteiger partial charge in [-0.05, 0) is 56.4 Å². The summed E-state index contributed by atoms with van der Waals surface area (Å²) in [5.74, 6) is 0.128. The summed E-state index contributed by atoms with van der Waals surface area (Å²) in [6.45, 7) is 12.0. The number of hydrogen-bond donors (Lipinski definition) is 0. The molecule has 0 aromatic heterocycles. The van der Waals surface area contributed by atoms with Crippen LogP contribution in [0.1, 0.15) is 57.2 Å². The summed E-state index contributed by atoms with van der Waals surface area (Å²) >= 11 is 0. The zero-order chi connectivity index (χ0) is 14.6. The monoisotopic (exact) mass is 260 g/mol. The third kappa shape index (κ3) is 4.90. The molecule has 0 spiro atoms. The smallest absolute Gasteiger partial charge is 0.331 e. The van der Waals surface area contributed by atoms with Gasteiger partial charge in [0, 0.05) is 6.08 Å². The molecule has 0 heterocycles. The maximum Gasteiger partial charge on any atom is 0.331 e. The molecule has 0 N–H and O–H groups in total. The summed E-state index contributed by atoms with van der Waals surface area (Å²) in [7, 11) is 0. The maximum atomic E-state index is 11.7. The largest absolute Gasteiger partial charge is 0.457 e. The Balaban J connectivity index is 2.96. The van der Waals surface area contributed by atoms with Crippen molar-refractivity contribution in [1.82, 2.24) is 0 Å². The first-order valence-electron chi connectivity index (χ1n) is 6.71. The van der Waals surface area contributed by atoms with Gasteiger partial charge in [-0.3, -0.25) is 0 Å². The zero-order valence-corrected chi connectivity index (χ0v) is 12.8.